The van der Waals surface area contributed by atoms with Gasteiger partial charge in [-0.05, 0) is 28.8 Å². The van der Waals surface area contributed by atoms with E-state index in [1.807, 2.05) is 0 Å². The highest BCUT2D eigenvalue weighted by Gasteiger charge is 2.20. The Hall–Kier alpha value is -0.420. The lowest BCUT2D eigenvalue weighted by Gasteiger charge is -2.02. The number of nitrogens with zero attached hydrogens (tertiary/aromatic N) is 2. The number of nitrogens with one attached hydrogen (secondary N) is 1. The van der Waals surface area contributed by atoms with E-state index >= 15 is 0 Å². The Morgan fingerprint density at radius 1 is 1.64 bits per heavy atom. The Morgan fingerprint density at radius 3 is 3.09 bits per heavy atom. The summed E-state index contributed by atoms with van der Waals surface area (Å²) in [6, 6.07) is 0. The third kappa shape index (κ3) is 1.44. The lowest BCUT2D eigenvalue weighted by molar-refractivity contribution is 0.105. The maximum atomic E-state index is 5.40. The first-order valence-electron chi connectivity index (χ1n) is 3.55. The fourth-order valence-corrected chi connectivity index (χ4v) is 1.47. The van der Waals surface area contributed by atoms with E-state index in [0.717, 1.165) is 25.3 Å². The van der Waals surface area contributed by atoms with E-state index in [-0.39, 0.29) is 6.10 Å². The smallest absolute Gasteiger partial charge is 0.217 e. The minimum Gasteiger partial charge on any atom is -0.370 e. The van der Waals surface area contributed by atoms with Crippen molar-refractivity contribution in [3.05, 3.63) is 10.6 Å². The summed E-state index contributed by atoms with van der Waals surface area (Å²) >= 11 is 3.17. The second kappa shape index (κ2) is 2.91. The summed E-state index contributed by atoms with van der Waals surface area (Å²) < 4.78 is 6.00. The molecule has 1 fully saturated rings. The number of ether oxygens (including phenoxy) is 1. The molecule has 1 N–H and O–H groups in total. The molecule has 1 aliphatic heterocycles. The number of hydrogen-bond donors (Lipinski definition) is 1. The van der Waals surface area contributed by atoms with Crippen LogP contribution in [0.5, 0.6) is 0 Å². The predicted octanol–water partition coefficient (Wildman–Crippen LogP) is 1.42. The Bertz CT molecular complexity index is 244. The van der Waals surface area contributed by atoms with Crippen LogP contribution in [0.3, 0.4) is 0 Å². The van der Waals surface area contributed by atoms with E-state index in [1.165, 1.54) is 0 Å². The fraction of sp³-hybridized carbons (Fsp3) is 0.667. The number of aromatic nitrogens is 3. The van der Waals surface area contributed by atoms with Crippen molar-refractivity contribution in [1.82, 2.24) is 15.2 Å². The van der Waals surface area contributed by atoms with E-state index in [4.69, 9.17) is 4.74 Å². The third-order valence-electron chi connectivity index (χ3n) is 1.71. The van der Waals surface area contributed by atoms with Gasteiger partial charge in [-0.2, -0.15) is 0 Å². The van der Waals surface area contributed by atoms with E-state index in [2.05, 4.69) is 31.1 Å². The van der Waals surface area contributed by atoms with Gasteiger partial charge in [0.25, 0.3) is 0 Å². The summed E-state index contributed by atoms with van der Waals surface area (Å²) in [6.45, 7) is 0.836. The molecule has 4 nitrogen and oxygen atoms in total. The zero-order valence-corrected chi connectivity index (χ0v) is 7.47. The number of rotatable bonds is 1. The Morgan fingerprint density at radius 2 is 2.55 bits per heavy atom. The molecule has 1 atom stereocenters. The first kappa shape index (κ1) is 7.24. The second-order valence-corrected chi connectivity index (χ2v) is 3.20. The largest absolute Gasteiger partial charge is 0.370 e. The van der Waals surface area contributed by atoms with Crippen LogP contribution in [0.1, 0.15) is 24.8 Å². The molecule has 0 amide bonds. The van der Waals surface area contributed by atoms with Crippen LogP contribution in [0.25, 0.3) is 0 Å². The summed E-state index contributed by atoms with van der Waals surface area (Å²) in [4.78, 5) is 4.12. The molecule has 0 radical (unpaired) electrons. The molecule has 0 spiro atoms. The molecule has 2 heterocycles. The maximum absolute atomic E-state index is 5.40. The molecule has 1 aromatic heterocycles. The SMILES string of the molecule is Brc1n[nH]c([C@H]2CCCO2)n1. The summed E-state index contributed by atoms with van der Waals surface area (Å²) in [7, 11) is 0. The zero-order chi connectivity index (χ0) is 7.68. The predicted molar refractivity (Wildman–Crippen MR) is 42.0 cm³/mol. The molecular formula is C6H8BrN3O. The quantitative estimate of drug-likeness (QED) is 0.775. The molecule has 1 saturated heterocycles. The minimum atomic E-state index is 0.133. The molecule has 0 bridgehead atoms. The zero-order valence-electron chi connectivity index (χ0n) is 5.88. The molecule has 0 saturated carbocycles. The molecule has 60 valence electrons. The first-order chi connectivity index (χ1) is 5.36. The summed E-state index contributed by atoms with van der Waals surface area (Å²) in [5.74, 6) is 0.828. The van der Waals surface area contributed by atoms with Gasteiger partial charge in [-0.25, -0.2) is 4.98 Å². The average Bonchev–Trinajstić information content (AvgIpc) is 2.55. The van der Waals surface area contributed by atoms with Gasteiger partial charge >= 0.3 is 0 Å². The first-order valence-corrected chi connectivity index (χ1v) is 4.35. The van der Waals surface area contributed by atoms with E-state index in [1.54, 1.807) is 0 Å². The lowest BCUT2D eigenvalue weighted by Crippen LogP contribution is -1.97. The highest BCUT2D eigenvalue weighted by atomic mass is 79.9. The van der Waals surface area contributed by atoms with Crippen molar-refractivity contribution in [1.29, 1.82) is 0 Å². The van der Waals surface area contributed by atoms with Crippen molar-refractivity contribution in [2.45, 2.75) is 18.9 Å². The Balaban J connectivity index is 2.15. The fourth-order valence-electron chi connectivity index (χ4n) is 1.19. The van der Waals surface area contributed by atoms with Crippen LogP contribution < -0.4 is 0 Å². The number of H-pyrrole nitrogens is 1. The number of aromatic amines is 1. The van der Waals surface area contributed by atoms with Crippen LogP contribution in [0.4, 0.5) is 0 Å². The highest BCUT2D eigenvalue weighted by molar-refractivity contribution is 9.10. The molecular weight excluding hydrogens is 210 g/mol. The van der Waals surface area contributed by atoms with Crippen molar-refractivity contribution >= 4 is 15.9 Å². The molecule has 0 unspecified atom stereocenters. The topological polar surface area (TPSA) is 50.8 Å². The van der Waals surface area contributed by atoms with Gasteiger partial charge in [0.15, 0.2) is 5.82 Å². The van der Waals surface area contributed by atoms with Crippen LogP contribution >= 0.6 is 15.9 Å². The Kier molecular flexibility index (Phi) is 1.91. The maximum Gasteiger partial charge on any atom is 0.217 e. The Labute approximate surface area is 72.5 Å². The van der Waals surface area contributed by atoms with E-state index in [0.29, 0.717) is 4.73 Å². The molecule has 1 aromatic rings. The van der Waals surface area contributed by atoms with Gasteiger partial charge in [0.05, 0.1) is 0 Å². The van der Waals surface area contributed by atoms with E-state index in [9.17, 15) is 0 Å². The van der Waals surface area contributed by atoms with Gasteiger partial charge in [-0.3, -0.25) is 5.10 Å². The standard InChI is InChI=1S/C6H8BrN3O/c7-6-8-5(9-10-6)4-2-1-3-11-4/h4H,1-3H2,(H,8,9,10)/t4-/m1/s1. The lowest BCUT2D eigenvalue weighted by atomic mass is 10.2. The molecule has 2 rings (SSSR count). The molecule has 0 aliphatic carbocycles. The monoisotopic (exact) mass is 217 g/mol. The van der Waals surface area contributed by atoms with Crippen LogP contribution in [0.2, 0.25) is 0 Å². The average molecular weight is 218 g/mol. The molecule has 11 heavy (non-hydrogen) atoms. The van der Waals surface area contributed by atoms with Gasteiger partial charge in [0, 0.05) is 6.61 Å². The van der Waals surface area contributed by atoms with Gasteiger partial charge in [0.1, 0.15) is 6.10 Å². The van der Waals surface area contributed by atoms with Gasteiger partial charge in [0.2, 0.25) is 4.73 Å². The number of halogens is 1. The van der Waals surface area contributed by atoms with Gasteiger partial charge < -0.3 is 4.74 Å². The number of hydrogen-bond acceptors (Lipinski definition) is 3. The van der Waals surface area contributed by atoms with Crippen LogP contribution in [0.15, 0.2) is 4.73 Å². The normalized spacial score (nSPS) is 24.3. The minimum absolute atomic E-state index is 0.133. The van der Waals surface area contributed by atoms with Crippen molar-refractivity contribution in [3.63, 3.8) is 0 Å². The second-order valence-electron chi connectivity index (χ2n) is 2.49. The van der Waals surface area contributed by atoms with Crippen molar-refractivity contribution < 1.29 is 4.74 Å². The summed E-state index contributed by atoms with van der Waals surface area (Å²) in [5, 5.41) is 6.68. The third-order valence-corrected chi connectivity index (χ3v) is 2.06. The van der Waals surface area contributed by atoms with Crippen molar-refractivity contribution in [3.8, 4) is 0 Å². The molecule has 5 heteroatoms. The van der Waals surface area contributed by atoms with E-state index < -0.39 is 0 Å². The summed E-state index contributed by atoms with van der Waals surface area (Å²) in [5.41, 5.74) is 0. The van der Waals surface area contributed by atoms with Crippen molar-refractivity contribution in [2.24, 2.45) is 0 Å². The molecule has 1 aliphatic rings. The van der Waals surface area contributed by atoms with Gasteiger partial charge in [-0.15, -0.1) is 5.10 Å². The van der Waals surface area contributed by atoms with Crippen LogP contribution in [0, 0.1) is 0 Å². The van der Waals surface area contributed by atoms with Crippen LogP contribution in [-0.4, -0.2) is 21.8 Å². The van der Waals surface area contributed by atoms with Crippen molar-refractivity contribution in [2.75, 3.05) is 6.61 Å². The summed E-state index contributed by atoms with van der Waals surface area (Å²) in [6.07, 6.45) is 2.29. The molecule has 0 aromatic carbocycles. The van der Waals surface area contributed by atoms with Gasteiger partial charge in [-0.1, -0.05) is 0 Å². The van der Waals surface area contributed by atoms with Crippen LogP contribution in [-0.2, 0) is 4.74 Å². The highest BCUT2D eigenvalue weighted by Crippen LogP contribution is 2.25.